The van der Waals surface area contributed by atoms with Crippen molar-refractivity contribution in [2.75, 3.05) is 0 Å². The number of aryl methyl sites for hydroxylation is 1. The minimum Gasteiger partial charge on any atom is -0.256 e. The van der Waals surface area contributed by atoms with Crippen LogP contribution in [0, 0.1) is 0 Å². The Morgan fingerprint density at radius 2 is 1.59 bits per heavy atom. The van der Waals surface area contributed by atoms with Crippen LogP contribution in [-0.4, -0.2) is 4.98 Å². The van der Waals surface area contributed by atoms with Gasteiger partial charge in [0.25, 0.3) is 0 Å². The minimum absolute atomic E-state index is 1.02. The highest BCUT2D eigenvalue weighted by atomic mass is 14.7. The van der Waals surface area contributed by atoms with E-state index in [2.05, 4.69) is 60.4 Å². The van der Waals surface area contributed by atoms with Gasteiger partial charge in [0.2, 0.25) is 0 Å². The highest BCUT2D eigenvalue weighted by Gasteiger charge is 2.02. The number of hydrogen-bond donors (Lipinski definition) is 0. The number of hydrogen-bond acceptors (Lipinski definition) is 1. The zero-order chi connectivity index (χ0) is 15.2. The van der Waals surface area contributed by atoms with Gasteiger partial charge in [-0.05, 0) is 47.7 Å². The van der Waals surface area contributed by atoms with Crippen LogP contribution < -0.4 is 0 Å². The van der Waals surface area contributed by atoms with E-state index < -0.39 is 0 Å². The van der Waals surface area contributed by atoms with Crippen LogP contribution in [0.3, 0.4) is 0 Å². The van der Waals surface area contributed by atoms with E-state index in [-0.39, 0.29) is 0 Å². The summed E-state index contributed by atoms with van der Waals surface area (Å²) in [5.74, 6) is 0. The van der Waals surface area contributed by atoms with Crippen LogP contribution in [0.4, 0.5) is 0 Å². The van der Waals surface area contributed by atoms with Crippen LogP contribution in [0.5, 0.6) is 0 Å². The largest absolute Gasteiger partial charge is 0.256 e. The van der Waals surface area contributed by atoms with Crippen molar-refractivity contribution in [2.45, 2.75) is 26.2 Å². The van der Waals surface area contributed by atoms with E-state index in [0.29, 0.717) is 0 Å². The average Bonchev–Trinajstić information content (AvgIpc) is 2.61. The molecule has 0 aliphatic rings. The first-order valence-corrected chi connectivity index (χ1v) is 7.97. The highest BCUT2D eigenvalue weighted by molar-refractivity contribution is 5.71. The van der Waals surface area contributed by atoms with Crippen molar-refractivity contribution >= 4 is 0 Å². The third-order valence-corrected chi connectivity index (χ3v) is 3.93. The van der Waals surface area contributed by atoms with Crippen molar-refractivity contribution in [3.63, 3.8) is 0 Å². The SMILES string of the molecule is CCCCc1ccc(-c2cccc(-c3ccccn3)c2)cc1. The Morgan fingerprint density at radius 1 is 0.773 bits per heavy atom. The maximum absolute atomic E-state index is 4.43. The van der Waals surface area contributed by atoms with Gasteiger partial charge < -0.3 is 0 Å². The Labute approximate surface area is 132 Å². The topological polar surface area (TPSA) is 12.9 Å². The molecular formula is C21H21N. The summed E-state index contributed by atoms with van der Waals surface area (Å²) in [6.45, 7) is 2.23. The van der Waals surface area contributed by atoms with Gasteiger partial charge in [-0.3, -0.25) is 4.98 Å². The molecule has 3 aromatic rings. The Morgan fingerprint density at radius 3 is 2.32 bits per heavy atom. The monoisotopic (exact) mass is 287 g/mol. The molecule has 0 aliphatic carbocycles. The predicted octanol–water partition coefficient (Wildman–Crippen LogP) is 5.76. The summed E-state index contributed by atoms with van der Waals surface area (Å²) in [6.07, 6.45) is 5.51. The van der Waals surface area contributed by atoms with Crippen LogP contribution in [0.25, 0.3) is 22.4 Å². The lowest BCUT2D eigenvalue weighted by Crippen LogP contribution is -1.86. The molecule has 3 rings (SSSR count). The fraction of sp³-hybridized carbons (Fsp3) is 0.190. The molecule has 0 radical (unpaired) electrons. The molecule has 0 N–H and O–H groups in total. The van der Waals surface area contributed by atoms with Gasteiger partial charge in [0, 0.05) is 11.8 Å². The second kappa shape index (κ2) is 7.04. The summed E-state index contributed by atoms with van der Waals surface area (Å²) in [7, 11) is 0. The average molecular weight is 287 g/mol. The van der Waals surface area contributed by atoms with Gasteiger partial charge >= 0.3 is 0 Å². The third-order valence-electron chi connectivity index (χ3n) is 3.93. The van der Waals surface area contributed by atoms with Gasteiger partial charge in [0.15, 0.2) is 0 Å². The van der Waals surface area contributed by atoms with Crippen LogP contribution in [0.1, 0.15) is 25.3 Å². The molecule has 0 unspecified atom stereocenters. The summed E-state index contributed by atoms with van der Waals surface area (Å²) in [5.41, 5.74) is 6.10. The lowest BCUT2D eigenvalue weighted by molar-refractivity contribution is 0.795. The molecule has 0 atom stereocenters. The first-order chi connectivity index (χ1) is 10.9. The first kappa shape index (κ1) is 14.5. The van der Waals surface area contributed by atoms with Crippen LogP contribution in [-0.2, 0) is 6.42 Å². The molecule has 0 spiro atoms. The number of nitrogens with zero attached hydrogens (tertiary/aromatic N) is 1. The normalized spacial score (nSPS) is 10.6. The number of aromatic nitrogens is 1. The van der Waals surface area contributed by atoms with Crippen LogP contribution in [0.2, 0.25) is 0 Å². The molecule has 0 saturated carbocycles. The van der Waals surface area contributed by atoms with Crippen molar-refractivity contribution in [1.29, 1.82) is 0 Å². The molecule has 1 heterocycles. The Bertz CT molecular complexity index is 714. The van der Waals surface area contributed by atoms with E-state index in [1.807, 2.05) is 24.4 Å². The lowest BCUT2D eigenvalue weighted by atomic mass is 9.99. The Hall–Kier alpha value is -2.41. The molecule has 0 fully saturated rings. The van der Waals surface area contributed by atoms with Crippen molar-refractivity contribution < 1.29 is 0 Å². The van der Waals surface area contributed by atoms with Crippen molar-refractivity contribution in [3.8, 4) is 22.4 Å². The molecule has 110 valence electrons. The fourth-order valence-corrected chi connectivity index (χ4v) is 2.64. The van der Waals surface area contributed by atoms with E-state index >= 15 is 0 Å². The minimum atomic E-state index is 1.02. The van der Waals surface area contributed by atoms with Gasteiger partial charge in [0.1, 0.15) is 0 Å². The Balaban J connectivity index is 1.86. The van der Waals surface area contributed by atoms with E-state index in [0.717, 1.165) is 11.3 Å². The first-order valence-electron chi connectivity index (χ1n) is 7.97. The quantitative estimate of drug-likeness (QED) is 0.581. The summed E-state index contributed by atoms with van der Waals surface area (Å²) in [4.78, 5) is 4.43. The van der Waals surface area contributed by atoms with Gasteiger partial charge in [-0.1, -0.05) is 61.9 Å². The summed E-state index contributed by atoms with van der Waals surface area (Å²) in [5, 5.41) is 0. The number of benzene rings is 2. The van der Waals surface area contributed by atoms with Gasteiger partial charge in [-0.25, -0.2) is 0 Å². The molecule has 2 aromatic carbocycles. The molecule has 0 aliphatic heterocycles. The maximum Gasteiger partial charge on any atom is 0.0702 e. The standard InChI is InChI=1S/C21H21N/c1-2-3-7-17-11-13-18(14-12-17)19-8-6-9-20(16-19)21-10-4-5-15-22-21/h4-6,8-16H,2-3,7H2,1H3. The van der Waals surface area contributed by atoms with Crippen molar-refractivity contribution in [2.24, 2.45) is 0 Å². The summed E-state index contributed by atoms with van der Waals surface area (Å²) >= 11 is 0. The zero-order valence-electron chi connectivity index (χ0n) is 13.0. The molecule has 0 amide bonds. The van der Waals surface area contributed by atoms with Crippen molar-refractivity contribution in [3.05, 3.63) is 78.5 Å². The van der Waals surface area contributed by atoms with Gasteiger partial charge in [-0.2, -0.15) is 0 Å². The lowest BCUT2D eigenvalue weighted by Gasteiger charge is -2.07. The molecular weight excluding hydrogens is 266 g/mol. The van der Waals surface area contributed by atoms with E-state index in [1.165, 1.54) is 36.0 Å². The molecule has 22 heavy (non-hydrogen) atoms. The van der Waals surface area contributed by atoms with E-state index in [9.17, 15) is 0 Å². The number of rotatable bonds is 5. The second-order valence-corrected chi connectivity index (χ2v) is 5.60. The molecule has 1 heteroatoms. The highest BCUT2D eigenvalue weighted by Crippen LogP contribution is 2.25. The summed E-state index contributed by atoms with van der Waals surface area (Å²) < 4.78 is 0. The van der Waals surface area contributed by atoms with Gasteiger partial charge in [0.05, 0.1) is 5.69 Å². The number of unbranched alkanes of at least 4 members (excludes halogenated alkanes) is 1. The Kier molecular flexibility index (Phi) is 4.65. The zero-order valence-corrected chi connectivity index (χ0v) is 13.0. The molecule has 0 bridgehead atoms. The van der Waals surface area contributed by atoms with Crippen LogP contribution >= 0.6 is 0 Å². The van der Waals surface area contributed by atoms with Crippen LogP contribution in [0.15, 0.2) is 72.9 Å². The molecule has 0 saturated heterocycles. The third kappa shape index (κ3) is 3.43. The van der Waals surface area contributed by atoms with Crippen molar-refractivity contribution in [1.82, 2.24) is 4.98 Å². The maximum atomic E-state index is 4.43. The smallest absolute Gasteiger partial charge is 0.0702 e. The summed E-state index contributed by atoms with van der Waals surface area (Å²) in [6, 6.07) is 23.6. The molecule has 1 aromatic heterocycles. The molecule has 1 nitrogen and oxygen atoms in total. The van der Waals surface area contributed by atoms with E-state index in [4.69, 9.17) is 0 Å². The second-order valence-electron chi connectivity index (χ2n) is 5.60. The predicted molar refractivity (Wildman–Crippen MR) is 93.7 cm³/mol. The van der Waals surface area contributed by atoms with Gasteiger partial charge in [-0.15, -0.1) is 0 Å². The van der Waals surface area contributed by atoms with E-state index in [1.54, 1.807) is 0 Å². The number of pyridine rings is 1. The fourth-order valence-electron chi connectivity index (χ4n) is 2.64.